The molecule has 0 bridgehead atoms. The minimum Gasteiger partial charge on any atom is -0.382 e. The van der Waals surface area contributed by atoms with Crippen LogP contribution in [-0.2, 0) is 6.18 Å². The van der Waals surface area contributed by atoms with Crippen molar-refractivity contribution in [3.63, 3.8) is 0 Å². The van der Waals surface area contributed by atoms with E-state index >= 15 is 0 Å². The van der Waals surface area contributed by atoms with Crippen LogP contribution in [0.3, 0.4) is 0 Å². The Bertz CT molecular complexity index is 1180. The highest BCUT2D eigenvalue weighted by molar-refractivity contribution is 5.58. The quantitative estimate of drug-likeness (QED) is 0.320. The van der Waals surface area contributed by atoms with Crippen LogP contribution in [0, 0.1) is 23.6 Å². The van der Waals surface area contributed by atoms with Gasteiger partial charge in [-0.2, -0.15) is 13.2 Å². The molecule has 2 aliphatic heterocycles. The number of anilines is 2. The zero-order chi connectivity index (χ0) is 28.3. The predicted octanol–water partition coefficient (Wildman–Crippen LogP) is 8.48. The van der Waals surface area contributed by atoms with Crippen molar-refractivity contribution in [3.8, 4) is 0 Å². The molecular formula is C33H41F4N3. The lowest BCUT2D eigenvalue weighted by atomic mass is 9.70. The third kappa shape index (κ3) is 6.91. The van der Waals surface area contributed by atoms with Crippen LogP contribution >= 0.6 is 0 Å². The highest BCUT2D eigenvalue weighted by Gasteiger charge is 2.39. The van der Waals surface area contributed by atoms with Crippen LogP contribution in [0.4, 0.5) is 28.9 Å². The molecule has 1 fully saturated rings. The van der Waals surface area contributed by atoms with Crippen molar-refractivity contribution in [2.24, 2.45) is 17.8 Å². The van der Waals surface area contributed by atoms with Crippen molar-refractivity contribution in [3.05, 3.63) is 83.7 Å². The summed E-state index contributed by atoms with van der Waals surface area (Å²) in [6.07, 6.45) is 9.34. The van der Waals surface area contributed by atoms with Gasteiger partial charge in [-0.25, -0.2) is 4.39 Å². The summed E-state index contributed by atoms with van der Waals surface area (Å²) in [5, 5.41) is 7.20. The lowest BCUT2D eigenvalue weighted by Gasteiger charge is -2.43. The van der Waals surface area contributed by atoms with E-state index in [1.807, 2.05) is 0 Å². The van der Waals surface area contributed by atoms with Crippen molar-refractivity contribution in [1.29, 1.82) is 0 Å². The van der Waals surface area contributed by atoms with E-state index in [-0.39, 0.29) is 23.7 Å². The lowest BCUT2D eigenvalue weighted by Crippen LogP contribution is -2.43. The molecule has 3 aliphatic rings. The minimum absolute atomic E-state index is 0.0448. The van der Waals surface area contributed by atoms with Crippen LogP contribution in [0.2, 0.25) is 0 Å². The number of fused-ring (bicyclic) bond motifs is 1. The third-order valence-corrected chi connectivity index (χ3v) is 9.14. The maximum absolute atomic E-state index is 13.5. The van der Waals surface area contributed by atoms with E-state index in [9.17, 15) is 17.6 Å². The SMILES string of the molecule is CC1c2cc(C(F)(F)F)ccc2N[C@@H](C2C=CC=CC2)[C@@H]1CC[C@@H](C)CN1CCC(Nc2ccc(F)cc2)CC1. The van der Waals surface area contributed by atoms with Gasteiger partial charge in [0.1, 0.15) is 5.82 Å². The molecule has 1 aliphatic carbocycles. The summed E-state index contributed by atoms with van der Waals surface area (Å²) in [7, 11) is 0. The Hall–Kier alpha value is -2.80. The van der Waals surface area contributed by atoms with Gasteiger partial charge in [0.25, 0.3) is 0 Å². The van der Waals surface area contributed by atoms with Crippen molar-refractivity contribution >= 4 is 11.4 Å². The number of halogens is 4. The highest BCUT2D eigenvalue weighted by Crippen LogP contribution is 2.46. The monoisotopic (exact) mass is 555 g/mol. The fourth-order valence-corrected chi connectivity index (χ4v) is 6.85. The Labute approximate surface area is 235 Å². The number of benzene rings is 2. The number of hydrogen-bond donors (Lipinski definition) is 2. The smallest absolute Gasteiger partial charge is 0.382 e. The van der Waals surface area contributed by atoms with Gasteiger partial charge in [-0.05, 0) is 97.9 Å². The van der Waals surface area contributed by atoms with Gasteiger partial charge in [0, 0.05) is 49.0 Å². The first-order valence-corrected chi connectivity index (χ1v) is 14.7. The summed E-state index contributed by atoms with van der Waals surface area (Å²) in [6, 6.07) is 11.3. The summed E-state index contributed by atoms with van der Waals surface area (Å²) in [4.78, 5) is 2.53. The van der Waals surface area contributed by atoms with Crippen LogP contribution in [0.5, 0.6) is 0 Å². The number of rotatable bonds is 8. The van der Waals surface area contributed by atoms with Gasteiger partial charge in [0.15, 0.2) is 0 Å². The second kappa shape index (κ2) is 12.4. The molecule has 2 unspecified atom stereocenters. The molecule has 2 aromatic rings. The Morgan fingerprint density at radius 3 is 2.48 bits per heavy atom. The second-order valence-electron chi connectivity index (χ2n) is 12.0. The summed E-state index contributed by atoms with van der Waals surface area (Å²) >= 11 is 0. The number of hydrogen-bond acceptors (Lipinski definition) is 3. The van der Waals surface area contributed by atoms with E-state index in [1.54, 1.807) is 18.2 Å². The van der Waals surface area contributed by atoms with Crippen LogP contribution < -0.4 is 10.6 Å². The fourth-order valence-electron chi connectivity index (χ4n) is 6.85. The van der Waals surface area contributed by atoms with E-state index in [4.69, 9.17) is 0 Å². The lowest BCUT2D eigenvalue weighted by molar-refractivity contribution is -0.137. The zero-order valence-electron chi connectivity index (χ0n) is 23.4. The van der Waals surface area contributed by atoms with Gasteiger partial charge < -0.3 is 15.5 Å². The van der Waals surface area contributed by atoms with Gasteiger partial charge in [0.2, 0.25) is 0 Å². The average molecular weight is 556 g/mol. The maximum atomic E-state index is 13.5. The molecule has 5 rings (SSSR count). The molecule has 0 amide bonds. The molecule has 2 N–H and O–H groups in total. The second-order valence-corrected chi connectivity index (χ2v) is 12.0. The third-order valence-electron chi connectivity index (χ3n) is 9.14. The Kier molecular flexibility index (Phi) is 8.89. The van der Waals surface area contributed by atoms with Crippen molar-refractivity contribution < 1.29 is 17.6 Å². The number of nitrogens with zero attached hydrogens (tertiary/aromatic N) is 1. The standard InChI is InChI=1S/C33H41F4N3/c1-22(21-40-18-16-28(17-19-40)38-27-12-10-26(34)11-13-27)8-14-29-23(2)30-20-25(33(35,36)37)9-15-31(30)39-32(29)24-6-4-3-5-7-24/h3-6,9-13,15,20,22-24,28-29,32,38-39H,7-8,14,16-19,21H2,1-2H3/t22-,23?,24?,29-,32+/m1/s1. The Morgan fingerprint density at radius 1 is 1.05 bits per heavy atom. The molecule has 0 aromatic heterocycles. The molecule has 0 spiro atoms. The van der Waals surface area contributed by atoms with Gasteiger partial charge in [-0.1, -0.05) is 38.2 Å². The molecule has 5 atom stereocenters. The van der Waals surface area contributed by atoms with Gasteiger partial charge >= 0.3 is 6.18 Å². The topological polar surface area (TPSA) is 27.3 Å². The molecule has 0 radical (unpaired) electrons. The average Bonchev–Trinajstić information content (AvgIpc) is 2.94. The number of allylic oxidation sites excluding steroid dienone is 3. The molecule has 7 heteroatoms. The summed E-state index contributed by atoms with van der Waals surface area (Å²) in [5.74, 6) is 0.907. The molecule has 2 heterocycles. The van der Waals surface area contributed by atoms with E-state index in [0.29, 0.717) is 17.9 Å². The van der Waals surface area contributed by atoms with Crippen LogP contribution in [-0.4, -0.2) is 36.6 Å². The van der Waals surface area contributed by atoms with Gasteiger partial charge in [-0.15, -0.1) is 0 Å². The summed E-state index contributed by atoms with van der Waals surface area (Å²) in [5.41, 5.74) is 2.03. The maximum Gasteiger partial charge on any atom is 0.416 e. The molecule has 2 aromatic carbocycles. The number of alkyl halides is 3. The van der Waals surface area contributed by atoms with Gasteiger partial charge in [-0.3, -0.25) is 0 Å². The first-order chi connectivity index (χ1) is 19.2. The van der Waals surface area contributed by atoms with Crippen molar-refractivity contribution in [2.45, 2.75) is 70.1 Å². The first-order valence-electron chi connectivity index (χ1n) is 14.7. The first kappa shape index (κ1) is 28.7. The molecule has 0 saturated carbocycles. The minimum atomic E-state index is -4.34. The predicted molar refractivity (Wildman–Crippen MR) is 155 cm³/mol. The highest BCUT2D eigenvalue weighted by atomic mass is 19.4. The summed E-state index contributed by atoms with van der Waals surface area (Å²) in [6.45, 7) is 7.50. The molecule has 3 nitrogen and oxygen atoms in total. The molecule has 216 valence electrons. The number of piperidine rings is 1. The van der Waals surface area contributed by atoms with Crippen LogP contribution in [0.25, 0.3) is 0 Å². The van der Waals surface area contributed by atoms with E-state index in [1.165, 1.54) is 24.3 Å². The van der Waals surface area contributed by atoms with Crippen LogP contribution in [0.15, 0.2) is 66.8 Å². The van der Waals surface area contributed by atoms with Crippen molar-refractivity contribution in [2.75, 3.05) is 30.3 Å². The van der Waals surface area contributed by atoms with Crippen LogP contribution in [0.1, 0.15) is 63.0 Å². The fraction of sp³-hybridized carbons (Fsp3) is 0.515. The van der Waals surface area contributed by atoms with E-state index in [0.717, 1.165) is 68.7 Å². The summed E-state index contributed by atoms with van der Waals surface area (Å²) < 4.78 is 53.7. The number of likely N-dealkylation sites (tertiary alicyclic amines) is 1. The molecule has 40 heavy (non-hydrogen) atoms. The largest absolute Gasteiger partial charge is 0.416 e. The zero-order valence-corrected chi connectivity index (χ0v) is 23.4. The normalized spacial score (nSPS) is 26.2. The van der Waals surface area contributed by atoms with Crippen molar-refractivity contribution in [1.82, 2.24) is 4.90 Å². The molecule has 1 saturated heterocycles. The Morgan fingerprint density at radius 2 is 1.80 bits per heavy atom. The number of nitrogens with one attached hydrogen (secondary N) is 2. The van der Waals surface area contributed by atoms with Gasteiger partial charge in [0.05, 0.1) is 5.56 Å². The molecular weight excluding hydrogens is 514 g/mol. The Balaban J connectivity index is 1.19. The van der Waals surface area contributed by atoms with E-state index < -0.39 is 11.7 Å². The van der Waals surface area contributed by atoms with E-state index in [2.05, 4.69) is 53.7 Å².